The lowest BCUT2D eigenvalue weighted by molar-refractivity contribution is 0.273. The van der Waals surface area contributed by atoms with Crippen molar-refractivity contribution in [2.75, 3.05) is 7.05 Å². The van der Waals surface area contributed by atoms with Gasteiger partial charge in [-0.25, -0.2) is 4.39 Å². The van der Waals surface area contributed by atoms with Crippen LogP contribution >= 0.6 is 0 Å². The second kappa shape index (κ2) is 3.04. The molecule has 10 heavy (non-hydrogen) atoms. The molecular weight excluding hydrogens is 129 g/mol. The molecule has 0 aromatic rings. The molecule has 0 saturated carbocycles. The lowest BCUT2D eigenvalue weighted by Gasteiger charge is -2.20. The van der Waals surface area contributed by atoms with Gasteiger partial charge < -0.3 is 5.32 Å². The molecular formula is C8H14FN. The van der Waals surface area contributed by atoms with Gasteiger partial charge in [-0.05, 0) is 12.3 Å². The first kappa shape index (κ1) is 7.58. The molecule has 0 saturated heterocycles. The summed E-state index contributed by atoms with van der Waals surface area (Å²) >= 11 is 0. The van der Waals surface area contributed by atoms with Gasteiger partial charge in [0.05, 0.1) is 0 Å². The summed E-state index contributed by atoms with van der Waals surface area (Å²) in [6.07, 6.45) is 2.73. The highest BCUT2D eigenvalue weighted by Crippen LogP contribution is 2.23. The molecule has 1 rings (SSSR count). The van der Waals surface area contributed by atoms with Gasteiger partial charge in [-0.3, -0.25) is 0 Å². The smallest absolute Gasteiger partial charge is 0.106 e. The first-order chi connectivity index (χ1) is 4.72. The first-order valence-electron chi connectivity index (χ1n) is 3.75. The van der Waals surface area contributed by atoms with E-state index in [9.17, 15) is 4.39 Å². The van der Waals surface area contributed by atoms with Crippen LogP contribution in [0.5, 0.6) is 0 Å². The molecule has 58 valence electrons. The SMILES string of the molecule is CNC1=CC(C)CC(F)C1. The van der Waals surface area contributed by atoms with E-state index in [1.807, 2.05) is 14.0 Å². The third kappa shape index (κ3) is 1.72. The molecule has 0 aromatic carbocycles. The summed E-state index contributed by atoms with van der Waals surface area (Å²) in [5.74, 6) is 0.395. The van der Waals surface area contributed by atoms with E-state index in [1.165, 1.54) is 0 Å². The lowest BCUT2D eigenvalue weighted by atomic mass is 9.94. The van der Waals surface area contributed by atoms with Crippen LogP contribution in [0.2, 0.25) is 0 Å². The minimum Gasteiger partial charge on any atom is -0.392 e. The zero-order valence-corrected chi connectivity index (χ0v) is 6.52. The summed E-state index contributed by atoms with van der Waals surface area (Å²) in [4.78, 5) is 0. The summed E-state index contributed by atoms with van der Waals surface area (Å²) in [5.41, 5.74) is 1.05. The summed E-state index contributed by atoms with van der Waals surface area (Å²) in [7, 11) is 1.84. The highest BCUT2D eigenvalue weighted by Gasteiger charge is 2.17. The predicted octanol–water partition coefficient (Wildman–Crippen LogP) is 1.86. The van der Waals surface area contributed by atoms with Crippen molar-refractivity contribution < 1.29 is 4.39 Å². The average Bonchev–Trinajstić information content (AvgIpc) is 1.85. The Kier molecular flexibility index (Phi) is 2.30. The van der Waals surface area contributed by atoms with Gasteiger partial charge >= 0.3 is 0 Å². The Morgan fingerprint density at radius 1 is 1.70 bits per heavy atom. The van der Waals surface area contributed by atoms with Gasteiger partial charge in [0.2, 0.25) is 0 Å². The maximum atomic E-state index is 12.8. The molecule has 0 fully saturated rings. The number of hydrogen-bond donors (Lipinski definition) is 1. The Bertz CT molecular complexity index is 142. The fourth-order valence-corrected chi connectivity index (χ4v) is 1.39. The molecule has 0 aliphatic heterocycles. The van der Waals surface area contributed by atoms with E-state index in [4.69, 9.17) is 0 Å². The zero-order chi connectivity index (χ0) is 7.56. The minimum atomic E-state index is -0.637. The van der Waals surface area contributed by atoms with E-state index >= 15 is 0 Å². The van der Waals surface area contributed by atoms with Crippen LogP contribution in [0.1, 0.15) is 19.8 Å². The minimum absolute atomic E-state index is 0.395. The van der Waals surface area contributed by atoms with E-state index in [0.717, 1.165) is 5.70 Å². The van der Waals surface area contributed by atoms with Gasteiger partial charge in [0, 0.05) is 19.2 Å². The molecule has 2 unspecified atom stereocenters. The van der Waals surface area contributed by atoms with E-state index in [2.05, 4.69) is 11.4 Å². The maximum Gasteiger partial charge on any atom is 0.106 e. The van der Waals surface area contributed by atoms with Gasteiger partial charge in [0.25, 0.3) is 0 Å². The largest absolute Gasteiger partial charge is 0.392 e. The lowest BCUT2D eigenvalue weighted by Crippen LogP contribution is -2.19. The number of nitrogens with one attached hydrogen (secondary N) is 1. The fourth-order valence-electron chi connectivity index (χ4n) is 1.39. The van der Waals surface area contributed by atoms with Crippen molar-refractivity contribution in [2.45, 2.75) is 25.9 Å². The molecule has 0 spiro atoms. The monoisotopic (exact) mass is 143 g/mol. The fraction of sp³-hybridized carbons (Fsp3) is 0.750. The number of alkyl halides is 1. The van der Waals surface area contributed by atoms with Crippen LogP contribution < -0.4 is 5.32 Å². The Morgan fingerprint density at radius 3 is 2.90 bits per heavy atom. The van der Waals surface area contributed by atoms with Crippen molar-refractivity contribution in [1.82, 2.24) is 5.32 Å². The summed E-state index contributed by atoms with van der Waals surface area (Å²) in [6, 6.07) is 0. The van der Waals surface area contributed by atoms with Gasteiger partial charge in [0.15, 0.2) is 0 Å². The van der Waals surface area contributed by atoms with E-state index < -0.39 is 6.17 Å². The normalized spacial score (nSPS) is 33.3. The third-order valence-electron chi connectivity index (χ3n) is 1.88. The van der Waals surface area contributed by atoms with Gasteiger partial charge in [0.1, 0.15) is 6.17 Å². The molecule has 2 heteroatoms. The van der Waals surface area contributed by atoms with E-state index in [0.29, 0.717) is 18.8 Å². The average molecular weight is 143 g/mol. The quantitative estimate of drug-likeness (QED) is 0.590. The van der Waals surface area contributed by atoms with Crippen LogP contribution in [-0.4, -0.2) is 13.2 Å². The Morgan fingerprint density at radius 2 is 2.40 bits per heavy atom. The van der Waals surface area contributed by atoms with Crippen molar-refractivity contribution in [1.29, 1.82) is 0 Å². The molecule has 0 amide bonds. The molecule has 1 nitrogen and oxygen atoms in total. The summed E-state index contributed by atoms with van der Waals surface area (Å²) < 4.78 is 12.8. The molecule has 1 aliphatic carbocycles. The second-order valence-corrected chi connectivity index (χ2v) is 2.96. The van der Waals surface area contributed by atoms with Gasteiger partial charge in [-0.2, -0.15) is 0 Å². The highest BCUT2D eigenvalue weighted by molar-refractivity contribution is 5.06. The summed E-state index contributed by atoms with van der Waals surface area (Å²) in [5, 5.41) is 2.99. The van der Waals surface area contributed by atoms with Crippen LogP contribution in [0.25, 0.3) is 0 Å². The maximum absolute atomic E-state index is 12.8. The highest BCUT2D eigenvalue weighted by atomic mass is 19.1. The van der Waals surface area contributed by atoms with Crippen LogP contribution in [0.3, 0.4) is 0 Å². The summed E-state index contributed by atoms with van der Waals surface area (Å²) in [6.45, 7) is 2.04. The first-order valence-corrected chi connectivity index (χ1v) is 3.75. The van der Waals surface area contributed by atoms with Crippen LogP contribution in [0.15, 0.2) is 11.8 Å². The number of allylic oxidation sites excluding steroid dienone is 2. The number of hydrogen-bond acceptors (Lipinski definition) is 1. The Hall–Kier alpha value is -0.530. The van der Waals surface area contributed by atoms with Crippen LogP contribution in [0.4, 0.5) is 4.39 Å². The molecule has 1 N–H and O–H groups in total. The van der Waals surface area contributed by atoms with Crippen molar-refractivity contribution in [3.63, 3.8) is 0 Å². The molecule has 2 atom stereocenters. The predicted molar refractivity (Wildman–Crippen MR) is 40.4 cm³/mol. The van der Waals surface area contributed by atoms with Crippen LogP contribution in [-0.2, 0) is 0 Å². The number of halogens is 1. The molecule has 0 bridgehead atoms. The van der Waals surface area contributed by atoms with Gasteiger partial charge in [-0.1, -0.05) is 13.0 Å². The van der Waals surface area contributed by atoms with Crippen molar-refractivity contribution in [3.05, 3.63) is 11.8 Å². The zero-order valence-electron chi connectivity index (χ0n) is 6.52. The molecule has 1 aliphatic rings. The van der Waals surface area contributed by atoms with Crippen molar-refractivity contribution in [3.8, 4) is 0 Å². The van der Waals surface area contributed by atoms with E-state index in [1.54, 1.807) is 0 Å². The standard InChI is InChI=1S/C8H14FN/c1-6-3-7(9)5-8(4-6)10-2/h4,6-7,10H,3,5H2,1-2H3. The number of rotatable bonds is 1. The van der Waals surface area contributed by atoms with Crippen LogP contribution in [0, 0.1) is 5.92 Å². The second-order valence-electron chi connectivity index (χ2n) is 2.96. The van der Waals surface area contributed by atoms with Crippen molar-refractivity contribution in [2.24, 2.45) is 5.92 Å². The van der Waals surface area contributed by atoms with E-state index in [-0.39, 0.29) is 0 Å². The van der Waals surface area contributed by atoms with Crippen molar-refractivity contribution >= 4 is 0 Å². The Labute approximate surface area is 61.3 Å². The molecule has 0 aromatic heterocycles. The third-order valence-corrected chi connectivity index (χ3v) is 1.88. The Balaban J connectivity index is 2.56. The topological polar surface area (TPSA) is 12.0 Å². The van der Waals surface area contributed by atoms with Gasteiger partial charge in [-0.15, -0.1) is 0 Å². The molecule has 0 heterocycles. The molecule has 0 radical (unpaired) electrons.